The molecule has 0 fully saturated rings. The van der Waals surface area contributed by atoms with E-state index in [1.165, 1.54) is 0 Å². The molecule has 0 aromatic heterocycles. The molecule has 0 aromatic rings. The number of hydrogen-bond donors (Lipinski definition) is 1. The van der Waals surface area contributed by atoms with Gasteiger partial charge >= 0.3 is 11.8 Å². The fourth-order valence-electron chi connectivity index (χ4n) is 0.306. The lowest BCUT2D eigenvalue weighted by Gasteiger charge is -2.24. The van der Waals surface area contributed by atoms with Crippen LogP contribution in [0.25, 0.3) is 0 Å². The molecule has 5 heteroatoms. The highest BCUT2D eigenvalue weighted by Crippen LogP contribution is 2.35. The van der Waals surface area contributed by atoms with Crippen LogP contribution in [0, 0.1) is 6.92 Å². The molecule has 0 bridgehead atoms. The van der Waals surface area contributed by atoms with Crippen molar-refractivity contribution in [3.05, 3.63) is 6.92 Å². The molecule has 0 aliphatic rings. The van der Waals surface area contributed by atoms with Crippen LogP contribution >= 0.6 is 0 Å². The van der Waals surface area contributed by atoms with Gasteiger partial charge in [-0.05, 0) is 6.92 Å². The molecule has 0 heterocycles. The summed E-state index contributed by atoms with van der Waals surface area (Å²) < 4.78 is 47.4. The molecule has 0 aromatic carbocycles. The minimum absolute atomic E-state index is 0.582. The quantitative estimate of drug-likeness (QED) is 0.605. The van der Waals surface area contributed by atoms with E-state index in [1.807, 2.05) is 6.92 Å². The fraction of sp³-hybridized carbons (Fsp3) is 0.800. The monoisotopic (exact) mass is 159 g/mol. The van der Waals surface area contributed by atoms with E-state index in [4.69, 9.17) is 5.11 Å². The van der Waals surface area contributed by atoms with Gasteiger partial charge in [0.05, 0.1) is 0 Å². The summed E-state index contributed by atoms with van der Waals surface area (Å²) >= 11 is 0. The molecule has 0 aliphatic heterocycles. The van der Waals surface area contributed by atoms with Gasteiger partial charge in [-0.15, -0.1) is 0 Å². The zero-order valence-electron chi connectivity index (χ0n) is 5.24. The van der Waals surface area contributed by atoms with Crippen molar-refractivity contribution in [2.24, 2.45) is 0 Å². The van der Waals surface area contributed by atoms with Crippen molar-refractivity contribution >= 4 is 0 Å². The van der Waals surface area contributed by atoms with Gasteiger partial charge in [0.2, 0.25) is 0 Å². The molecule has 0 spiro atoms. The maximum Gasteiger partial charge on any atom is 0.335 e. The molecule has 0 saturated carbocycles. The first-order valence-corrected chi connectivity index (χ1v) is 2.48. The normalized spacial score (nSPS) is 17.1. The van der Waals surface area contributed by atoms with E-state index in [2.05, 4.69) is 0 Å². The Balaban J connectivity index is 4.40. The second-order valence-corrected chi connectivity index (χ2v) is 2.00. The van der Waals surface area contributed by atoms with Crippen LogP contribution < -0.4 is 0 Å². The molecule has 1 atom stereocenters. The average molecular weight is 159 g/mol. The summed E-state index contributed by atoms with van der Waals surface area (Å²) in [5, 5.41) is 8.15. The van der Waals surface area contributed by atoms with Crippen molar-refractivity contribution in [2.45, 2.75) is 24.9 Å². The Hall–Kier alpha value is -0.320. The summed E-state index contributed by atoms with van der Waals surface area (Å²) in [6, 6.07) is 0. The van der Waals surface area contributed by atoms with E-state index in [0.717, 1.165) is 0 Å². The Labute approximate surface area is 55.7 Å². The molecule has 0 rings (SSSR count). The Morgan fingerprint density at radius 3 is 1.60 bits per heavy atom. The fourth-order valence-corrected chi connectivity index (χ4v) is 0.306. The number of alkyl halides is 4. The number of aliphatic hydroxyl groups is 1. The van der Waals surface area contributed by atoms with Gasteiger partial charge in [-0.25, -0.2) is 0 Å². The van der Waals surface area contributed by atoms with Crippen LogP contribution in [0.15, 0.2) is 0 Å². The summed E-state index contributed by atoms with van der Waals surface area (Å²) in [5.74, 6) is -8.87. The SMILES string of the molecule is [CH2]C(F)(F)C(F)(F)C(C)O. The maximum absolute atomic E-state index is 12.0. The van der Waals surface area contributed by atoms with Crippen molar-refractivity contribution in [1.29, 1.82) is 0 Å². The standard InChI is InChI=1S/C5H7F4O/c1-3(10)5(8,9)4(2,6)7/h3,10H,2H2,1H3. The molecule has 0 aliphatic carbocycles. The number of hydrogen-bond acceptors (Lipinski definition) is 1. The van der Waals surface area contributed by atoms with Crippen molar-refractivity contribution in [3.8, 4) is 0 Å². The van der Waals surface area contributed by atoms with Crippen molar-refractivity contribution in [3.63, 3.8) is 0 Å². The molecular formula is C5H7F4O. The molecular weight excluding hydrogens is 152 g/mol. The van der Waals surface area contributed by atoms with Gasteiger partial charge in [-0.2, -0.15) is 17.6 Å². The van der Waals surface area contributed by atoms with Gasteiger partial charge in [0.15, 0.2) is 0 Å². The van der Waals surface area contributed by atoms with E-state index < -0.39 is 17.9 Å². The second kappa shape index (κ2) is 2.38. The van der Waals surface area contributed by atoms with E-state index in [-0.39, 0.29) is 0 Å². The van der Waals surface area contributed by atoms with Crippen molar-refractivity contribution < 1.29 is 22.7 Å². The van der Waals surface area contributed by atoms with Gasteiger partial charge < -0.3 is 5.11 Å². The lowest BCUT2D eigenvalue weighted by molar-refractivity contribution is -0.227. The van der Waals surface area contributed by atoms with E-state index >= 15 is 0 Å². The predicted molar refractivity (Wildman–Crippen MR) is 26.9 cm³/mol. The summed E-state index contributed by atoms with van der Waals surface area (Å²) in [5.41, 5.74) is 0. The Kier molecular flexibility index (Phi) is 2.30. The van der Waals surface area contributed by atoms with Gasteiger partial charge in [0.1, 0.15) is 6.10 Å². The summed E-state index contributed by atoms with van der Waals surface area (Å²) in [4.78, 5) is 0. The largest absolute Gasteiger partial charge is 0.387 e. The van der Waals surface area contributed by atoms with Gasteiger partial charge in [-0.1, -0.05) is 0 Å². The summed E-state index contributed by atoms with van der Waals surface area (Å²) in [6.07, 6.45) is -2.39. The van der Waals surface area contributed by atoms with E-state index in [1.54, 1.807) is 0 Å². The Morgan fingerprint density at radius 1 is 1.30 bits per heavy atom. The molecule has 1 N–H and O–H groups in total. The second-order valence-electron chi connectivity index (χ2n) is 2.00. The summed E-state index contributed by atoms with van der Waals surface area (Å²) in [7, 11) is 0. The molecule has 1 nitrogen and oxygen atoms in total. The van der Waals surface area contributed by atoms with Gasteiger partial charge in [0, 0.05) is 6.92 Å². The molecule has 1 unspecified atom stereocenters. The highest BCUT2D eigenvalue weighted by molar-refractivity contribution is 4.90. The molecule has 0 amide bonds. The van der Waals surface area contributed by atoms with Crippen LogP contribution in [0.5, 0.6) is 0 Å². The lowest BCUT2D eigenvalue weighted by atomic mass is 10.1. The van der Waals surface area contributed by atoms with Crippen LogP contribution in [0.4, 0.5) is 17.6 Å². The first-order valence-electron chi connectivity index (χ1n) is 2.48. The third-order valence-electron chi connectivity index (χ3n) is 1.01. The van der Waals surface area contributed by atoms with Crippen molar-refractivity contribution in [2.75, 3.05) is 0 Å². The minimum atomic E-state index is -4.45. The van der Waals surface area contributed by atoms with Crippen LogP contribution in [0.3, 0.4) is 0 Å². The first-order chi connectivity index (χ1) is 4.19. The van der Waals surface area contributed by atoms with Gasteiger partial charge in [-0.3, -0.25) is 0 Å². The zero-order chi connectivity index (χ0) is 8.58. The third kappa shape index (κ3) is 1.59. The number of rotatable bonds is 2. The average Bonchev–Trinajstić information content (AvgIpc) is 1.62. The van der Waals surface area contributed by atoms with E-state index in [0.29, 0.717) is 6.92 Å². The van der Waals surface area contributed by atoms with Crippen molar-refractivity contribution in [1.82, 2.24) is 0 Å². The maximum atomic E-state index is 12.0. The highest BCUT2D eigenvalue weighted by Gasteiger charge is 2.55. The number of halogens is 4. The zero-order valence-corrected chi connectivity index (χ0v) is 5.24. The topological polar surface area (TPSA) is 20.2 Å². The number of aliphatic hydroxyl groups excluding tert-OH is 1. The Morgan fingerprint density at radius 2 is 1.60 bits per heavy atom. The van der Waals surface area contributed by atoms with Crippen LogP contribution in [-0.4, -0.2) is 23.1 Å². The molecule has 1 radical (unpaired) electrons. The predicted octanol–water partition coefficient (Wildman–Crippen LogP) is 1.47. The van der Waals surface area contributed by atoms with Crippen LogP contribution in [-0.2, 0) is 0 Å². The van der Waals surface area contributed by atoms with Crippen LogP contribution in [0.2, 0.25) is 0 Å². The molecule has 10 heavy (non-hydrogen) atoms. The minimum Gasteiger partial charge on any atom is -0.387 e. The molecule has 61 valence electrons. The molecule has 0 saturated heterocycles. The highest BCUT2D eigenvalue weighted by atomic mass is 19.3. The first kappa shape index (κ1) is 9.68. The van der Waals surface area contributed by atoms with Crippen LogP contribution in [0.1, 0.15) is 6.92 Å². The Bertz CT molecular complexity index is 115. The lowest BCUT2D eigenvalue weighted by Crippen LogP contribution is -2.46. The summed E-state index contributed by atoms with van der Waals surface area (Å²) in [6.45, 7) is 2.50. The third-order valence-corrected chi connectivity index (χ3v) is 1.01. The van der Waals surface area contributed by atoms with E-state index in [9.17, 15) is 17.6 Å². The van der Waals surface area contributed by atoms with Gasteiger partial charge in [0.25, 0.3) is 0 Å². The smallest absolute Gasteiger partial charge is 0.335 e.